The Hall–Kier alpha value is -0.253. The maximum absolute atomic E-state index is 14.7. The van der Waals surface area contributed by atoms with Crippen molar-refractivity contribution in [1.82, 2.24) is 0 Å². The van der Waals surface area contributed by atoms with E-state index in [9.17, 15) is 22.0 Å². The van der Waals surface area contributed by atoms with Gasteiger partial charge in [0.2, 0.25) is 0 Å². The van der Waals surface area contributed by atoms with Crippen LogP contribution >= 0.6 is 0 Å². The number of alkyl halides is 5. The van der Waals surface area contributed by atoms with E-state index < -0.39 is 32.9 Å². The zero-order chi connectivity index (χ0) is 19.6. The third-order valence-electron chi connectivity index (χ3n) is 3.76. The lowest BCUT2D eigenvalue weighted by Crippen LogP contribution is -2.70. The van der Waals surface area contributed by atoms with Crippen molar-refractivity contribution >= 4 is 8.80 Å². The molecule has 0 aliphatic rings. The molecule has 0 N–H and O–H groups in total. The first-order chi connectivity index (χ1) is 11.7. The average molecular weight is 394 g/mol. The summed E-state index contributed by atoms with van der Waals surface area (Å²) in [6, 6.07) is 0. The number of unbranched alkanes of at least 4 members (excludes halogenated alkanes) is 4. The third kappa shape index (κ3) is 6.15. The lowest BCUT2D eigenvalue weighted by Gasteiger charge is -2.39. The minimum Gasteiger partial charge on any atom is -0.370 e. The molecule has 0 saturated heterocycles. The molecule has 0 rings (SSSR count). The highest BCUT2D eigenvalue weighted by Crippen LogP contribution is 2.47. The molecule has 0 radical (unpaired) electrons. The molecule has 0 heterocycles. The Balaban J connectivity index is 5.27. The van der Waals surface area contributed by atoms with Gasteiger partial charge in [0.1, 0.15) is 0 Å². The Labute approximate surface area is 148 Å². The predicted molar refractivity (Wildman–Crippen MR) is 88.8 cm³/mol. The summed E-state index contributed by atoms with van der Waals surface area (Å²) in [7, 11) is -5.10. The number of hydrogen-bond acceptors (Lipinski definition) is 3. The highest BCUT2D eigenvalue weighted by Gasteiger charge is 2.79. The average Bonchev–Trinajstić information content (AvgIpc) is 2.54. The van der Waals surface area contributed by atoms with E-state index in [1.165, 1.54) is 20.8 Å². The maximum Gasteiger partial charge on any atom is 0.582 e. The lowest BCUT2D eigenvalue weighted by atomic mass is 10.0. The highest BCUT2D eigenvalue weighted by molar-refractivity contribution is 6.63. The van der Waals surface area contributed by atoms with Gasteiger partial charge in [0.25, 0.3) is 0 Å². The Morgan fingerprint density at radius 2 is 1.20 bits per heavy atom. The van der Waals surface area contributed by atoms with E-state index in [-0.39, 0.29) is 26.2 Å². The molecule has 3 nitrogen and oxygen atoms in total. The molecule has 0 aromatic carbocycles. The van der Waals surface area contributed by atoms with Gasteiger partial charge in [-0.15, -0.1) is 0 Å². The van der Waals surface area contributed by atoms with Crippen molar-refractivity contribution in [3.05, 3.63) is 0 Å². The van der Waals surface area contributed by atoms with Crippen LogP contribution in [0.2, 0.25) is 0 Å². The van der Waals surface area contributed by atoms with Gasteiger partial charge in [-0.25, -0.2) is 4.39 Å². The molecule has 1 atom stereocenters. The van der Waals surface area contributed by atoms with Crippen LogP contribution < -0.4 is 0 Å². The molecule has 25 heavy (non-hydrogen) atoms. The molecule has 9 heteroatoms. The quantitative estimate of drug-likeness (QED) is 0.207. The normalized spacial score (nSPS) is 14.8. The molecule has 0 spiro atoms. The minimum absolute atomic E-state index is 0.124. The minimum atomic E-state index is -5.10. The van der Waals surface area contributed by atoms with Crippen LogP contribution in [0.25, 0.3) is 0 Å². The molecule has 152 valence electrons. The summed E-state index contributed by atoms with van der Waals surface area (Å²) in [6.07, 6.45) is -0.364. The van der Waals surface area contributed by atoms with Crippen LogP contribution in [0, 0.1) is 0 Å². The van der Waals surface area contributed by atoms with E-state index in [2.05, 4.69) is 0 Å². The fourth-order valence-corrected chi connectivity index (χ4v) is 4.97. The fourth-order valence-electron chi connectivity index (χ4n) is 2.48. The van der Waals surface area contributed by atoms with E-state index in [1.54, 1.807) is 0 Å². The van der Waals surface area contributed by atoms with Crippen LogP contribution in [0.1, 0.15) is 66.2 Å². The molecule has 0 aliphatic carbocycles. The topological polar surface area (TPSA) is 27.7 Å². The van der Waals surface area contributed by atoms with Gasteiger partial charge in [-0.3, -0.25) is 0 Å². The second kappa shape index (κ2) is 11.5. The van der Waals surface area contributed by atoms with E-state index in [0.29, 0.717) is 6.42 Å². The maximum atomic E-state index is 14.7. The third-order valence-corrected chi connectivity index (χ3v) is 6.87. The van der Waals surface area contributed by atoms with Crippen molar-refractivity contribution < 1.29 is 35.2 Å². The zero-order valence-electron chi connectivity index (χ0n) is 15.6. The molecule has 0 fully saturated rings. The second-order valence-corrected chi connectivity index (χ2v) is 8.33. The Bertz CT molecular complexity index is 342. The summed E-state index contributed by atoms with van der Waals surface area (Å²) >= 11 is 0. The molecular formula is C16H31F5O3Si. The van der Waals surface area contributed by atoms with Crippen molar-refractivity contribution in [2.24, 2.45) is 0 Å². The SMILES string of the molecule is CCCCCCCC(F)C(F)(F)C(F)(F)[Si](OCC)(OCC)OCC. The first kappa shape index (κ1) is 24.7. The standard InChI is InChI=1S/C16H31F5O3Si/c1-5-9-10-11-12-13-14(17)15(18,19)16(20,21)25(22-6-2,23-7-3)24-8-4/h14H,5-13H2,1-4H3. The van der Waals surface area contributed by atoms with Crippen molar-refractivity contribution in [3.8, 4) is 0 Å². The first-order valence-electron chi connectivity index (χ1n) is 8.98. The largest absolute Gasteiger partial charge is 0.582 e. The summed E-state index contributed by atoms with van der Waals surface area (Å²) in [6.45, 7) is 5.19. The zero-order valence-corrected chi connectivity index (χ0v) is 16.6. The smallest absolute Gasteiger partial charge is 0.370 e. The van der Waals surface area contributed by atoms with Gasteiger partial charge in [-0.05, 0) is 27.2 Å². The van der Waals surface area contributed by atoms with Crippen molar-refractivity contribution in [3.63, 3.8) is 0 Å². The lowest BCUT2D eigenvalue weighted by molar-refractivity contribution is -0.229. The van der Waals surface area contributed by atoms with Crippen LogP contribution in [0.3, 0.4) is 0 Å². The molecule has 0 aliphatic heterocycles. The summed E-state index contributed by atoms with van der Waals surface area (Å²) < 4.78 is 86.6. The van der Waals surface area contributed by atoms with Gasteiger partial charge in [0.05, 0.1) is 0 Å². The van der Waals surface area contributed by atoms with Gasteiger partial charge in [-0.2, -0.15) is 17.6 Å². The molecule has 0 aromatic rings. The van der Waals surface area contributed by atoms with Gasteiger partial charge >= 0.3 is 20.3 Å². The summed E-state index contributed by atoms with van der Waals surface area (Å²) in [5, 5.41) is 0. The first-order valence-corrected chi connectivity index (χ1v) is 10.7. The molecule has 0 amide bonds. The van der Waals surface area contributed by atoms with Crippen LogP contribution in [0.4, 0.5) is 22.0 Å². The monoisotopic (exact) mass is 394 g/mol. The Morgan fingerprint density at radius 1 is 0.760 bits per heavy atom. The molecule has 1 unspecified atom stereocenters. The predicted octanol–water partition coefficient (Wildman–Crippen LogP) is 5.54. The summed E-state index contributed by atoms with van der Waals surface area (Å²) in [4.78, 5) is 0. The van der Waals surface area contributed by atoms with Crippen molar-refractivity contribution in [2.75, 3.05) is 19.8 Å². The van der Waals surface area contributed by atoms with Gasteiger partial charge in [0.15, 0.2) is 6.17 Å². The number of hydrogen-bond donors (Lipinski definition) is 0. The molecular weight excluding hydrogens is 363 g/mol. The molecule has 0 aromatic heterocycles. The number of halogens is 5. The van der Waals surface area contributed by atoms with Crippen molar-refractivity contribution in [2.45, 2.75) is 83.9 Å². The van der Waals surface area contributed by atoms with Crippen LogP contribution in [-0.2, 0) is 13.3 Å². The summed E-state index contributed by atoms with van der Waals surface area (Å²) in [5.74, 6) is -4.93. The van der Waals surface area contributed by atoms with Crippen LogP contribution in [-0.4, -0.2) is 46.3 Å². The Morgan fingerprint density at radius 3 is 1.60 bits per heavy atom. The Kier molecular flexibility index (Phi) is 11.3. The highest BCUT2D eigenvalue weighted by atomic mass is 28.4. The van der Waals surface area contributed by atoms with Crippen molar-refractivity contribution in [1.29, 1.82) is 0 Å². The van der Waals surface area contributed by atoms with E-state index in [0.717, 1.165) is 19.3 Å². The van der Waals surface area contributed by atoms with Gasteiger partial charge in [-0.1, -0.05) is 39.0 Å². The fraction of sp³-hybridized carbons (Fsp3) is 1.00. The summed E-state index contributed by atoms with van der Waals surface area (Å²) in [5.41, 5.74) is -4.86. The van der Waals surface area contributed by atoms with Crippen LogP contribution in [0.15, 0.2) is 0 Å². The van der Waals surface area contributed by atoms with Crippen LogP contribution in [0.5, 0.6) is 0 Å². The van der Waals surface area contributed by atoms with E-state index >= 15 is 0 Å². The van der Waals surface area contributed by atoms with E-state index in [4.69, 9.17) is 13.3 Å². The van der Waals surface area contributed by atoms with Gasteiger partial charge in [0, 0.05) is 19.8 Å². The number of rotatable bonds is 15. The molecule has 0 saturated carbocycles. The van der Waals surface area contributed by atoms with Gasteiger partial charge < -0.3 is 13.3 Å². The molecule has 0 bridgehead atoms. The second-order valence-electron chi connectivity index (χ2n) is 5.72. The van der Waals surface area contributed by atoms with E-state index in [1.807, 2.05) is 6.92 Å².